The van der Waals surface area contributed by atoms with Crippen LogP contribution in [0.25, 0.3) is 11.1 Å². The predicted octanol–water partition coefficient (Wildman–Crippen LogP) is 3.24. The molecule has 0 saturated carbocycles. The number of benzene rings is 1. The van der Waals surface area contributed by atoms with Gasteiger partial charge in [0.05, 0.1) is 29.1 Å². The van der Waals surface area contributed by atoms with Gasteiger partial charge in [0.2, 0.25) is 0 Å². The monoisotopic (exact) mass is 445 g/mol. The van der Waals surface area contributed by atoms with Crippen LogP contribution in [-0.2, 0) is 13.2 Å². The molecular weight excluding hydrogens is 435 g/mol. The number of nitrogens with zero attached hydrogens (tertiary/aromatic N) is 3. The molecule has 0 radical (unpaired) electrons. The van der Waals surface area contributed by atoms with E-state index in [9.17, 15) is 23.1 Å². The highest BCUT2D eigenvalue weighted by atomic mass is 35.5. The topological polar surface area (TPSA) is 61.8 Å². The largest absolute Gasteiger partial charge is 0.842 e. The smallest absolute Gasteiger partial charge is 0.416 e. The summed E-state index contributed by atoms with van der Waals surface area (Å²) >= 11 is 8.45. The summed E-state index contributed by atoms with van der Waals surface area (Å²) in [6.07, 6.45) is -3.01. The van der Waals surface area contributed by atoms with Crippen molar-refractivity contribution in [1.29, 1.82) is 0 Å². The summed E-state index contributed by atoms with van der Waals surface area (Å²) in [7, 11) is 1.50. The van der Waals surface area contributed by atoms with Gasteiger partial charge in [0, 0.05) is 6.20 Å². The summed E-state index contributed by atoms with van der Waals surface area (Å²) in [5.74, 6) is -0.140. The summed E-state index contributed by atoms with van der Waals surface area (Å²) in [4.78, 5) is 17.9. The second-order valence-corrected chi connectivity index (χ2v) is 8.75. The Bertz CT molecular complexity index is 1140. The Labute approximate surface area is 170 Å². The molecule has 146 valence electrons. The van der Waals surface area contributed by atoms with Crippen molar-refractivity contribution in [3.63, 3.8) is 0 Å². The van der Waals surface area contributed by atoms with Crippen molar-refractivity contribution in [2.75, 3.05) is 5.75 Å². The average molecular weight is 446 g/mol. The lowest BCUT2D eigenvalue weighted by molar-refractivity contribution is -0.751. The second kappa shape index (κ2) is 6.78. The minimum atomic E-state index is -4.58. The van der Waals surface area contributed by atoms with E-state index in [0.29, 0.717) is 15.4 Å². The molecule has 0 amide bonds. The van der Waals surface area contributed by atoms with Crippen LogP contribution >= 0.6 is 34.7 Å². The summed E-state index contributed by atoms with van der Waals surface area (Å²) in [5, 5.41) is 13.2. The standard InChI is InChI=1S/C17H11ClF3N3O2S2/c1-23-13(25)12(8-3-2-4-9(5-8)17(19,20)21)14(26)24-10(7-27-16(23)24)11-6-22-15(18)28-11/h2-6,10H,7H2,1H3. The SMILES string of the molecule is C[n+]1c([O-])c(-c2cccc(C(F)(F)F)c2)c(=O)n2c1SCC2c1cnc(Cl)s1. The van der Waals surface area contributed by atoms with E-state index < -0.39 is 29.2 Å². The first-order valence-electron chi connectivity index (χ1n) is 7.95. The molecule has 1 unspecified atom stereocenters. The number of alkyl halides is 3. The van der Waals surface area contributed by atoms with E-state index in [1.165, 1.54) is 51.4 Å². The number of hydrogen-bond acceptors (Lipinski definition) is 5. The molecule has 0 aliphatic carbocycles. The maximum atomic E-state index is 13.2. The lowest BCUT2D eigenvalue weighted by Gasteiger charge is -2.17. The molecule has 2 aromatic heterocycles. The fraction of sp³-hybridized carbons (Fsp3) is 0.235. The third kappa shape index (κ3) is 3.09. The van der Waals surface area contributed by atoms with Crippen molar-refractivity contribution in [3.05, 3.63) is 55.7 Å². The summed E-state index contributed by atoms with van der Waals surface area (Å²) in [6, 6.07) is 3.85. The molecule has 4 rings (SSSR count). The molecule has 0 spiro atoms. The van der Waals surface area contributed by atoms with Crippen LogP contribution in [0.3, 0.4) is 0 Å². The van der Waals surface area contributed by atoms with Gasteiger partial charge in [0.25, 0.3) is 0 Å². The first-order chi connectivity index (χ1) is 13.2. The molecule has 3 aromatic rings. The van der Waals surface area contributed by atoms with Crippen LogP contribution in [0.5, 0.6) is 5.88 Å². The number of hydrogen-bond donors (Lipinski definition) is 0. The third-order valence-electron chi connectivity index (χ3n) is 4.43. The van der Waals surface area contributed by atoms with Crippen molar-refractivity contribution in [2.45, 2.75) is 17.4 Å². The maximum absolute atomic E-state index is 13.2. The minimum absolute atomic E-state index is 0.0614. The van der Waals surface area contributed by atoms with E-state index in [-0.39, 0.29) is 11.1 Å². The quantitative estimate of drug-likeness (QED) is 0.449. The fourth-order valence-electron chi connectivity index (χ4n) is 3.11. The lowest BCUT2D eigenvalue weighted by Crippen LogP contribution is -2.43. The molecule has 3 heterocycles. The molecule has 1 aliphatic rings. The predicted molar refractivity (Wildman–Crippen MR) is 97.7 cm³/mol. The van der Waals surface area contributed by atoms with E-state index in [4.69, 9.17) is 11.6 Å². The van der Waals surface area contributed by atoms with E-state index in [1.807, 2.05) is 0 Å². The molecule has 0 N–H and O–H groups in total. The van der Waals surface area contributed by atoms with Gasteiger partial charge in [-0.3, -0.25) is 0 Å². The molecule has 1 aliphatic heterocycles. The highest BCUT2D eigenvalue weighted by molar-refractivity contribution is 7.99. The van der Waals surface area contributed by atoms with Crippen LogP contribution in [0.4, 0.5) is 13.2 Å². The Kier molecular flexibility index (Phi) is 4.67. The molecule has 0 saturated heterocycles. The number of rotatable bonds is 2. The highest BCUT2D eigenvalue weighted by Crippen LogP contribution is 2.39. The zero-order chi connectivity index (χ0) is 20.2. The summed E-state index contributed by atoms with van der Waals surface area (Å²) < 4.78 is 42.3. The van der Waals surface area contributed by atoms with Crippen molar-refractivity contribution >= 4 is 34.7 Å². The van der Waals surface area contributed by atoms with Crippen molar-refractivity contribution in [1.82, 2.24) is 9.55 Å². The Morgan fingerprint density at radius 3 is 2.79 bits per heavy atom. The van der Waals surface area contributed by atoms with E-state index in [2.05, 4.69) is 4.98 Å². The van der Waals surface area contributed by atoms with Gasteiger partial charge in [0.1, 0.15) is 5.56 Å². The first-order valence-corrected chi connectivity index (χ1v) is 10.1. The third-order valence-corrected chi connectivity index (χ3v) is 6.86. The zero-order valence-corrected chi connectivity index (χ0v) is 16.5. The molecule has 11 heteroatoms. The van der Waals surface area contributed by atoms with Gasteiger partial charge in [-0.05, 0) is 29.5 Å². The van der Waals surface area contributed by atoms with Crippen LogP contribution in [0.15, 0.2) is 40.4 Å². The van der Waals surface area contributed by atoms with Crippen LogP contribution in [0, 0.1) is 0 Å². The Morgan fingerprint density at radius 2 is 2.14 bits per heavy atom. The molecular formula is C17H11ClF3N3O2S2. The number of thioether (sulfide) groups is 1. The normalized spacial score (nSPS) is 16.4. The number of aromatic nitrogens is 3. The molecule has 0 bridgehead atoms. The van der Waals surface area contributed by atoms with Gasteiger partial charge in [0.15, 0.2) is 10.5 Å². The fourth-order valence-corrected chi connectivity index (χ4v) is 5.52. The molecule has 5 nitrogen and oxygen atoms in total. The Hall–Kier alpha value is -2.04. The second-order valence-electron chi connectivity index (χ2n) is 6.12. The highest BCUT2D eigenvalue weighted by Gasteiger charge is 2.38. The zero-order valence-electron chi connectivity index (χ0n) is 14.2. The lowest BCUT2D eigenvalue weighted by atomic mass is 10.0. The van der Waals surface area contributed by atoms with Gasteiger partial charge in [-0.2, -0.15) is 17.7 Å². The number of thiazole rings is 1. The minimum Gasteiger partial charge on any atom is -0.842 e. The Morgan fingerprint density at radius 1 is 1.39 bits per heavy atom. The summed E-state index contributed by atoms with van der Waals surface area (Å²) in [6.45, 7) is 0. The number of halogens is 4. The van der Waals surface area contributed by atoms with Crippen molar-refractivity contribution in [2.24, 2.45) is 7.05 Å². The van der Waals surface area contributed by atoms with Crippen LogP contribution in [-0.4, -0.2) is 15.3 Å². The van der Waals surface area contributed by atoms with Gasteiger partial charge in [-0.15, -0.1) is 11.3 Å². The molecule has 1 aromatic carbocycles. The van der Waals surface area contributed by atoms with Gasteiger partial charge in [-0.25, -0.2) is 14.3 Å². The first kappa shape index (κ1) is 19.3. The molecule has 0 fully saturated rings. The average Bonchev–Trinajstić information content (AvgIpc) is 3.26. The summed E-state index contributed by atoms with van der Waals surface area (Å²) in [5.41, 5.74) is -1.90. The van der Waals surface area contributed by atoms with Crippen LogP contribution in [0.2, 0.25) is 4.47 Å². The van der Waals surface area contributed by atoms with Crippen LogP contribution in [0.1, 0.15) is 16.5 Å². The maximum Gasteiger partial charge on any atom is 0.416 e. The van der Waals surface area contributed by atoms with Crippen molar-refractivity contribution in [3.8, 4) is 17.0 Å². The molecule has 28 heavy (non-hydrogen) atoms. The molecule has 1 atom stereocenters. The van der Waals surface area contributed by atoms with E-state index >= 15 is 0 Å². The van der Waals surface area contributed by atoms with E-state index in [0.717, 1.165) is 17.0 Å². The number of fused-ring (bicyclic) bond motifs is 1. The van der Waals surface area contributed by atoms with Crippen LogP contribution < -0.4 is 15.2 Å². The van der Waals surface area contributed by atoms with Crippen molar-refractivity contribution < 1.29 is 22.8 Å². The van der Waals surface area contributed by atoms with E-state index in [1.54, 1.807) is 6.20 Å². The van der Waals surface area contributed by atoms with Gasteiger partial charge >= 0.3 is 16.9 Å². The van der Waals surface area contributed by atoms with Gasteiger partial charge in [-0.1, -0.05) is 23.7 Å². The van der Waals surface area contributed by atoms with Gasteiger partial charge < -0.3 is 5.11 Å². The Balaban J connectivity index is 1.94.